The van der Waals surface area contributed by atoms with E-state index in [2.05, 4.69) is 4.98 Å². The lowest BCUT2D eigenvalue weighted by Gasteiger charge is -2.10. The number of hydrogen-bond acceptors (Lipinski definition) is 4. The summed E-state index contributed by atoms with van der Waals surface area (Å²) in [6.07, 6.45) is 1.48. The van der Waals surface area contributed by atoms with E-state index in [1.165, 1.54) is 22.9 Å². The second kappa shape index (κ2) is 5.23. The van der Waals surface area contributed by atoms with Gasteiger partial charge in [-0.15, -0.1) is 11.8 Å². The predicted molar refractivity (Wildman–Crippen MR) is 63.1 cm³/mol. The van der Waals surface area contributed by atoms with Crippen LogP contribution in [-0.4, -0.2) is 35.6 Å². The molecule has 1 amide bonds. The van der Waals surface area contributed by atoms with Crippen molar-refractivity contribution >= 4 is 35.1 Å². The van der Waals surface area contributed by atoms with Gasteiger partial charge in [0.05, 0.1) is 15.7 Å². The van der Waals surface area contributed by atoms with Gasteiger partial charge in [-0.05, 0) is 6.07 Å². The smallest absolute Gasteiger partial charge is 0.232 e. The molecule has 0 aliphatic rings. The Morgan fingerprint density at radius 2 is 2.33 bits per heavy atom. The fraction of sp³-hybridized carbons (Fsp3) is 0.333. The van der Waals surface area contributed by atoms with Crippen LogP contribution in [0.3, 0.4) is 0 Å². The van der Waals surface area contributed by atoms with Gasteiger partial charge < -0.3 is 10.6 Å². The lowest BCUT2D eigenvalue weighted by Crippen LogP contribution is -2.23. The molecular formula is C9H12ClN3OS. The molecule has 82 valence electrons. The molecule has 1 rings (SSSR count). The minimum atomic E-state index is 0.0272. The third kappa shape index (κ3) is 3.60. The van der Waals surface area contributed by atoms with Crippen LogP contribution in [0.5, 0.6) is 0 Å². The van der Waals surface area contributed by atoms with Crippen LogP contribution in [0, 0.1) is 0 Å². The Balaban J connectivity index is 2.65. The zero-order valence-electron chi connectivity index (χ0n) is 8.53. The van der Waals surface area contributed by atoms with Crippen LogP contribution in [0.2, 0.25) is 5.02 Å². The number of nitrogens with two attached hydrogens (primary N) is 1. The molecule has 1 heterocycles. The topological polar surface area (TPSA) is 59.2 Å². The van der Waals surface area contributed by atoms with E-state index in [4.69, 9.17) is 17.3 Å². The number of halogens is 1. The third-order valence-electron chi connectivity index (χ3n) is 1.70. The number of carbonyl (C=O) groups excluding carboxylic acids is 1. The highest BCUT2D eigenvalue weighted by Gasteiger charge is 2.08. The highest BCUT2D eigenvalue weighted by Crippen LogP contribution is 2.25. The lowest BCUT2D eigenvalue weighted by atomic mass is 10.5. The van der Waals surface area contributed by atoms with Crippen molar-refractivity contribution in [2.75, 3.05) is 25.6 Å². The first-order valence-electron chi connectivity index (χ1n) is 4.24. The molecule has 4 nitrogen and oxygen atoms in total. The lowest BCUT2D eigenvalue weighted by molar-refractivity contribution is -0.125. The number of aromatic nitrogens is 1. The fourth-order valence-electron chi connectivity index (χ4n) is 0.815. The number of hydrogen-bond donors (Lipinski definition) is 1. The summed E-state index contributed by atoms with van der Waals surface area (Å²) in [6.45, 7) is 0. The van der Waals surface area contributed by atoms with Crippen LogP contribution in [0.4, 0.5) is 5.82 Å². The van der Waals surface area contributed by atoms with Crippen LogP contribution in [0.15, 0.2) is 17.2 Å². The van der Waals surface area contributed by atoms with Gasteiger partial charge in [-0.1, -0.05) is 11.6 Å². The fourth-order valence-corrected chi connectivity index (χ4v) is 1.99. The Kier molecular flexibility index (Phi) is 4.23. The molecule has 6 heteroatoms. The van der Waals surface area contributed by atoms with Crippen molar-refractivity contribution in [3.05, 3.63) is 17.3 Å². The monoisotopic (exact) mass is 245 g/mol. The van der Waals surface area contributed by atoms with Gasteiger partial charge in [-0.2, -0.15) is 0 Å². The highest BCUT2D eigenvalue weighted by atomic mass is 35.5. The van der Waals surface area contributed by atoms with E-state index in [1.807, 2.05) is 0 Å². The van der Waals surface area contributed by atoms with E-state index in [0.717, 1.165) is 4.90 Å². The van der Waals surface area contributed by atoms with Crippen molar-refractivity contribution < 1.29 is 4.79 Å². The molecule has 15 heavy (non-hydrogen) atoms. The van der Waals surface area contributed by atoms with Gasteiger partial charge in [0.1, 0.15) is 5.82 Å². The quantitative estimate of drug-likeness (QED) is 0.820. The summed E-state index contributed by atoms with van der Waals surface area (Å²) < 4.78 is 0. The summed E-state index contributed by atoms with van der Waals surface area (Å²) in [4.78, 5) is 17.5. The Morgan fingerprint density at radius 1 is 1.67 bits per heavy atom. The van der Waals surface area contributed by atoms with Crippen molar-refractivity contribution in [2.45, 2.75) is 4.90 Å². The maximum absolute atomic E-state index is 11.3. The van der Waals surface area contributed by atoms with E-state index in [-0.39, 0.29) is 5.91 Å². The SMILES string of the molecule is CN(C)C(=O)CSc1cc(Cl)cnc1N. The largest absolute Gasteiger partial charge is 0.383 e. The number of pyridine rings is 1. The number of carbonyl (C=O) groups is 1. The van der Waals surface area contributed by atoms with Crippen LogP contribution < -0.4 is 5.73 Å². The molecule has 0 saturated carbocycles. The van der Waals surface area contributed by atoms with Gasteiger partial charge in [0.25, 0.3) is 0 Å². The molecule has 0 spiro atoms. The molecule has 1 aromatic rings. The molecule has 0 fully saturated rings. The number of rotatable bonds is 3. The van der Waals surface area contributed by atoms with Gasteiger partial charge in [0, 0.05) is 20.3 Å². The number of nitrogens with zero attached hydrogens (tertiary/aromatic N) is 2. The summed E-state index contributed by atoms with van der Waals surface area (Å²) in [5, 5.41) is 0.518. The van der Waals surface area contributed by atoms with Gasteiger partial charge in [0.15, 0.2) is 0 Å². The van der Waals surface area contributed by atoms with E-state index in [9.17, 15) is 4.79 Å². The molecule has 2 N–H and O–H groups in total. The maximum Gasteiger partial charge on any atom is 0.232 e. The number of nitrogen functional groups attached to an aromatic ring is 1. The summed E-state index contributed by atoms with van der Waals surface area (Å²) in [5.74, 6) is 0.759. The number of anilines is 1. The average Bonchev–Trinajstić information content (AvgIpc) is 2.18. The van der Waals surface area contributed by atoms with Crippen LogP contribution in [-0.2, 0) is 4.79 Å². The summed E-state index contributed by atoms with van der Waals surface area (Å²) in [7, 11) is 3.42. The van der Waals surface area contributed by atoms with Gasteiger partial charge in [0.2, 0.25) is 5.91 Å². The molecule has 1 aromatic heterocycles. The molecule has 0 aliphatic heterocycles. The van der Waals surface area contributed by atoms with Crippen LogP contribution in [0.25, 0.3) is 0 Å². The van der Waals surface area contributed by atoms with Gasteiger partial charge in [-0.25, -0.2) is 4.98 Å². The molecular weight excluding hydrogens is 234 g/mol. The Morgan fingerprint density at radius 3 is 2.93 bits per heavy atom. The van der Waals surface area contributed by atoms with E-state index in [1.54, 1.807) is 20.2 Å². The third-order valence-corrected chi connectivity index (χ3v) is 2.93. The molecule has 0 radical (unpaired) electrons. The second-order valence-electron chi connectivity index (χ2n) is 3.11. The van der Waals surface area contributed by atoms with E-state index < -0.39 is 0 Å². The first kappa shape index (κ1) is 12.1. The van der Waals surface area contributed by atoms with Crippen LogP contribution >= 0.6 is 23.4 Å². The first-order valence-corrected chi connectivity index (χ1v) is 5.61. The molecule has 0 saturated heterocycles. The normalized spacial score (nSPS) is 10.1. The first-order chi connectivity index (χ1) is 7.00. The standard InChI is InChI=1S/C9H12ClN3OS/c1-13(2)8(14)5-15-7-3-6(10)4-12-9(7)11/h3-4H,5H2,1-2H3,(H2,11,12). The van der Waals surface area contributed by atoms with Gasteiger partial charge >= 0.3 is 0 Å². The summed E-state index contributed by atoms with van der Waals surface area (Å²) in [6, 6.07) is 1.71. The minimum absolute atomic E-state index is 0.0272. The second-order valence-corrected chi connectivity index (χ2v) is 4.57. The number of amides is 1. The zero-order valence-corrected chi connectivity index (χ0v) is 10.1. The molecule has 0 aliphatic carbocycles. The predicted octanol–water partition coefficient (Wildman–Crippen LogP) is 1.50. The summed E-state index contributed by atoms with van der Waals surface area (Å²) >= 11 is 7.10. The van der Waals surface area contributed by atoms with Crippen molar-refractivity contribution in [1.29, 1.82) is 0 Å². The van der Waals surface area contributed by atoms with E-state index in [0.29, 0.717) is 16.6 Å². The Hall–Kier alpha value is -0.940. The molecule has 0 aromatic carbocycles. The van der Waals surface area contributed by atoms with Gasteiger partial charge in [-0.3, -0.25) is 4.79 Å². The minimum Gasteiger partial charge on any atom is -0.383 e. The highest BCUT2D eigenvalue weighted by molar-refractivity contribution is 8.00. The molecule has 0 bridgehead atoms. The average molecular weight is 246 g/mol. The maximum atomic E-state index is 11.3. The Bertz CT molecular complexity index is 370. The van der Waals surface area contributed by atoms with Crippen molar-refractivity contribution in [3.8, 4) is 0 Å². The Labute approximate surface area is 97.8 Å². The van der Waals surface area contributed by atoms with Crippen LogP contribution in [0.1, 0.15) is 0 Å². The van der Waals surface area contributed by atoms with E-state index >= 15 is 0 Å². The summed E-state index contributed by atoms with van der Waals surface area (Å²) in [5.41, 5.74) is 5.64. The van der Waals surface area contributed by atoms with Crippen molar-refractivity contribution in [3.63, 3.8) is 0 Å². The number of thioether (sulfide) groups is 1. The van der Waals surface area contributed by atoms with Crippen molar-refractivity contribution in [2.24, 2.45) is 0 Å². The van der Waals surface area contributed by atoms with Crippen molar-refractivity contribution in [1.82, 2.24) is 9.88 Å². The molecule has 0 unspecified atom stereocenters. The zero-order chi connectivity index (χ0) is 11.4. The molecule has 0 atom stereocenters.